The number of hydrogen-bond donors (Lipinski definition) is 1. The van der Waals surface area contributed by atoms with Crippen molar-refractivity contribution in [1.82, 2.24) is 9.80 Å². The minimum atomic E-state index is -1.01. The fraction of sp³-hybridized carbons (Fsp3) is 0.673. The second-order valence-corrected chi connectivity index (χ2v) is 18.9. The molecule has 2 aliphatic carbocycles. The van der Waals surface area contributed by atoms with Gasteiger partial charge in [-0.25, -0.2) is 0 Å². The Morgan fingerprint density at radius 3 is 1.44 bits per heavy atom. The molecule has 12 heteroatoms. The molecule has 0 bridgehead atoms. The molecule has 61 heavy (non-hydrogen) atoms. The van der Waals surface area contributed by atoms with Crippen LogP contribution in [0, 0.1) is 13.8 Å². The number of aryl methyl sites for hydroxylation is 2. The number of aliphatic hydroxyl groups excluding tert-OH is 1. The molecule has 2 aromatic rings. The average molecular weight is 847 g/mol. The number of hydrogen-bond acceptors (Lipinski definition) is 8. The lowest BCUT2D eigenvalue weighted by molar-refractivity contribution is -0.133. The first-order valence-electron chi connectivity index (χ1n) is 23.0. The summed E-state index contributed by atoms with van der Waals surface area (Å²) in [5.41, 5.74) is 2.22. The number of fused-ring (bicyclic) bond motifs is 2. The largest absolute Gasteiger partial charge is 0.476 e. The van der Waals surface area contributed by atoms with Gasteiger partial charge in [0.1, 0.15) is 11.5 Å². The van der Waals surface area contributed by atoms with Crippen LogP contribution in [0.1, 0.15) is 165 Å². The molecule has 0 unspecified atom stereocenters. The summed E-state index contributed by atoms with van der Waals surface area (Å²) < 4.78 is 17.7. The van der Waals surface area contributed by atoms with Crippen molar-refractivity contribution in [2.24, 2.45) is 0 Å². The second-order valence-electron chi connectivity index (χ2n) is 18.9. The van der Waals surface area contributed by atoms with Gasteiger partial charge in [-0.3, -0.25) is 19.2 Å². The van der Waals surface area contributed by atoms with Crippen LogP contribution in [0.2, 0.25) is 0 Å². The number of carbonyl (C=O) groups excluding carboxylic acids is 4. The maximum Gasteiger partial charge on any atom is 0.270 e. The molecule has 2 heterocycles. The number of ether oxygens (including phenoxy) is 3. The van der Waals surface area contributed by atoms with Crippen LogP contribution in [-0.2, 0) is 14.3 Å². The lowest BCUT2D eigenvalue weighted by Gasteiger charge is -2.40. The van der Waals surface area contributed by atoms with Gasteiger partial charge in [-0.15, -0.1) is 0 Å². The highest BCUT2D eigenvalue weighted by atomic mass is 16.5. The number of benzene rings is 2. The Kier molecular flexibility index (Phi) is 16.0. The van der Waals surface area contributed by atoms with Crippen LogP contribution in [-0.4, -0.2) is 107 Å². The van der Waals surface area contributed by atoms with Crippen molar-refractivity contribution in [2.75, 3.05) is 42.7 Å². The molecule has 6 rings (SSSR count). The molecule has 4 amide bonds. The third kappa shape index (κ3) is 10.7. The van der Waals surface area contributed by atoms with Crippen LogP contribution in [0.15, 0.2) is 24.3 Å². The van der Waals surface area contributed by atoms with Crippen molar-refractivity contribution in [1.29, 1.82) is 0 Å². The number of aliphatic hydroxyl groups is 1. The first-order chi connectivity index (χ1) is 28.8. The molecule has 2 aliphatic heterocycles. The third-order valence-electron chi connectivity index (χ3n) is 12.6. The second kappa shape index (κ2) is 20.4. The average Bonchev–Trinajstić information content (AvgIpc) is 3.20. The van der Waals surface area contributed by atoms with Crippen molar-refractivity contribution in [3.63, 3.8) is 0 Å². The Morgan fingerprint density at radius 2 is 1.08 bits per heavy atom. The van der Waals surface area contributed by atoms with E-state index in [0.29, 0.717) is 53.8 Å². The SMILES string of the molecule is CCCOCCN1C(=O)C(C)(C)Oc2cc(C)c(C(=O)N(C(C)C)C3CCCCC3)cc21.Cc1cc2c(cc1C(=O)N(C(C)C)C1CCCCC1)N(CCO)C(=O)C(C)(C)O2. The van der Waals surface area contributed by atoms with Gasteiger partial charge in [-0.1, -0.05) is 45.4 Å². The Labute approximate surface area is 365 Å². The number of rotatable bonds is 13. The van der Waals surface area contributed by atoms with E-state index in [1.54, 1.807) is 38.7 Å². The molecule has 0 spiro atoms. The van der Waals surface area contributed by atoms with E-state index in [0.717, 1.165) is 56.1 Å². The first kappa shape index (κ1) is 47.9. The Bertz CT molecular complexity index is 1880. The van der Waals surface area contributed by atoms with Gasteiger partial charge in [-0.05, 0) is 137 Å². The van der Waals surface area contributed by atoms with Crippen LogP contribution in [0.25, 0.3) is 0 Å². The highest BCUT2D eigenvalue weighted by Crippen LogP contribution is 2.42. The molecule has 2 aromatic carbocycles. The van der Waals surface area contributed by atoms with E-state index in [-0.39, 0.29) is 60.9 Å². The van der Waals surface area contributed by atoms with Crippen LogP contribution >= 0.6 is 0 Å². The number of carbonyl (C=O) groups is 4. The van der Waals surface area contributed by atoms with E-state index in [1.165, 1.54) is 30.6 Å². The minimum absolute atomic E-state index is 0.00781. The molecule has 2 fully saturated rings. The topological polar surface area (TPSA) is 129 Å². The van der Waals surface area contributed by atoms with Gasteiger partial charge in [0.05, 0.1) is 24.6 Å². The standard InChI is InChI=1S/C26H40N2O4.C23H34N2O4/c1-7-14-31-15-13-27-22-17-21(19(4)16-23(22)32-26(5,6)25(27)30)24(29)28(18(2)3)20-11-9-8-10-12-20;1-15(2)25(17-9-7-6-8-10-17)21(27)18-14-19-20(13-16(18)3)29-23(4,5)22(28)24(19)11-12-26/h16-18,20H,7-15H2,1-6H3;13-15,17,26H,6-12H2,1-5H3. The zero-order valence-corrected chi connectivity index (χ0v) is 39.0. The smallest absolute Gasteiger partial charge is 0.270 e. The van der Waals surface area contributed by atoms with E-state index in [9.17, 15) is 24.3 Å². The normalized spacial score (nSPS) is 18.8. The summed E-state index contributed by atoms with van der Waals surface area (Å²) in [6.07, 6.45) is 12.3. The number of nitrogens with zero attached hydrogens (tertiary/aromatic N) is 4. The molecule has 0 aromatic heterocycles. The number of amides is 4. The molecule has 0 saturated heterocycles. The van der Waals surface area contributed by atoms with Gasteiger partial charge in [0.2, 0.25) is 0 Å². The molecule has 0 atom stereocenters. The summed E-state index contributed by atoms with van der Waals surface area (Å²) in [7, 11) is 0. The molecule has 12 nitrogen and oxygen atoms in total. The van der Waals surface area contributed by atoms with E-state index in [2.05, 4.69) is 39.5 Å². The molecule has 338 valence electrons. The van der Waals surface area contributed by atoms with E-state index < -0.39 is 11.2 Å². The number of β-amino-alcohol motifs (C(OH)–C–C–N with tert-alkyl or cyclic N) is 1. The maximum absolute atomic E-state index is 13.8. The number of anilines is 2. The summed E-state index contributed by atoms with van der Waals surface area (Å²) in [6.45, 7) is 22.8. The lowest BCUT2D eigenvalue weighted by atomic mass is 9.92. The van der Waals surface area contributed by atoms with Gasteiger partial charge < -0.3 is 38.9 Å². The predicted octanol–water partition coefficient (Wildman–Crippen LogP) is 8.78. The lowest BCUT2D eigenvalue weighted by Crippen LogP contribution is -2.53. The minimum Gasteiger partial charge on any atom is -0.476 e. The summed E-state index contributed by atoms with van der Waals surface area (Å²) >= 11 is 0. The summed E-state index contributed by atoms with van der Waals surface area (Å²) in [5, 5.41) is 9.49. The molecular weight excluding hydrogens is 773 g/mol. The maximum atomic E-state index is 13.8. The van der Waals surface area contributed by atoms with Crippen molar-refractivity contribution in [3.05, 3.63) is 46.5 Å². The Hall–Kier alpha value is -4.16. The van der Waals surface area contributed by atoms with E-state index >= 15 is 0 Å². The highest BCUT2D eigenvalue weighted by Gasteiger charge is 2.43. The zero-order chi connectivity index (χ0) is 44.8. The van der Waals surface area contributed by atoms with Crippen molar-refractivity contribution >= 4 is 35.0 Å². The van der Waals surface area contributed by atoms with Crippen LogP contribution < -0.4 is 19.3 Å². The van der Waals surface area contributed by atoms with Crippen molar-refractivity contribution in [3.8, 4) is 11.5 Å². The fourth-order valence-corrected chi connectivity index (χ4v) is 9.48. The molecule has 0 radical (unpaired) electrons. The molecule has 2 saturated carbocycles. The summed E-state index contributed by atoms with van der Waals surface area (Å²) in [5.74, 6) is 0.952. The first-order valence-corrected chi connectivity index (χ1v) is 23.0. The fourth-order valence-electron chi connectivity index (χ4n) is 9.48. The van der Waals surface area contributed by atoms with Crippen molar-refractivity contribution < 1.29 is 38.5 Å². The van der Waals surface area contributed by atoms with E-state index in [4.69, 9.17) is 14.2 Å². The molecule has 1 N–H and O–H groups in total. The van der Waals surface area contributed by atoms with Gasteiger partial charge >= 0.3 is 0 Å². The summed E-state index contributed by atoms with van der Waals surface area (Å²) in [4.78, 5) is 60.7. The van der Waals surface area contributed by atoms with Gasteiger partial charge in [0, 0.05) is 55.0 Å². The monoisotopic (exact) mass is 847 g/mol. The van der Waals surface area contributed by atoms with Crippen LogP contribution in [0.3, 0.4) is 0 Å². The van der Waals surface area contributed by atoms with Gasteiger partial charge in [-0.2, -0.15) is 0 Å². The zero-order valence-electron chi connectivity index (χ0n) is 39.0. The van der Waals surface area contributed by atoms with Gasteiger partial charge in [0.15, 0.2) is 11.2 Å². The Balaban J connectivity index is 0.000000232. The third-order valence-corrected chi connectivity index (χ3v) is 12.6. The van der Waals surface area contributed by atoms with E-state index in [1.807, 2.05) is 36.9 Å². The molecular formula is C49H74N4O8. The molecule has 4 aliphatic rings. The van der Waals surface area contributed by atoms with Crippen LogP contribution in [0.5, 0.6) is 11.5 Å². The quantitative estimate of drug-likeness (QED) is 0.198. The predicted molar refractivity (Wildman–Crippen MR) is 241 cm³/mol. The summed E-state index contributed by atoms with van der Waals surface area (Å²) in [6, 6.07) is 8.16. The Morgan fingerprint density at radius 1 is 0.689 bits per heavy atom. The highest BCUT2D eigenvalue weighted by molar-refractivity contribution is 6.06. The van der Waals surface area contributed by atoms with Crippen LogP contribution in [0.4, 0.5) is 11.4 Å². The van der Waals surface area contributed by atoms with Gasteiger partial charge in [0.25, 0.3) is 23.6 Å². The van der Waals surface area contributed by atoms with Crippen molar-refractivity contribution in [2.45, 2.75) is 182 Å².